The number of hydrogen-bond acceptors (Lipinski definition) is 4. The molecule has 0 spiro atoms. The van der Waals surface area contributed by atoms with E-state index in [4.69, 9.17) is 5.73 Å². The fraction of sp³-hybridized carbons (Fsp3) is 0.429. The molecular weight excluding hydrogens is 224 g/mol. The Kier molecular flexibility index (Phi) is 2.58. The zero-order valence-corrected chi connectivity index (χ0v) is 10.8. The molecule has 2 heterocycles. The fourth-order valence-electron chi connectivity index (χ4n) is 2.74. The van der Waals surface area contributed by atoms with Crippen LogP contribution in [0.1, 0.15) is 24.5 Å². The minimum absolute atomic E-state index is 0.347. The first-order valence-corrected chi connectivity index (χ1v) is 6.39. The van der Waals surface area contributed by atoms with Gasteiger partial charge in [-0.2, -0.15) is 5.10 Å². The molecule has 94 valence electrons. The lowest BCUT2D eigenvalue weighted by atomic mass is 9.93. The molecule has 0 fully saturated rings. The zero-order chi connectivity index (χ0) is 12.7. The normalized spacial score (nSPS) is 22.6. The van der Waals surface area contributed by atoms with E-state index in [1.807, 2.05) is 0 Å². The van der Waals surface area contributed by atoms with E-state index >= 15 is 0 Å². The molecule has 2 aliphatic heterocycles. The quantitative estimate of drug-likeness (QED) is 0.816. The van der Waals surface area contributed by atoms with Gasteiger partial charge in [0.15, 0.2) is 0 Å². The van der Waals surface area contributed by atoms with E-state index in [-0.39, 0.29) is 0 Å². The number of fused-ring (bicyclic) bond motifs is 1. The first-order chi connectivity index (χ1) is 8.65. The summed E-state index contributed by atoms with van der Waals surface area (Å²) in [5.41, 5.74) is 10.7. The summed E-state index contributed by atoms with van der Waals surface area (Å²) in [5, 5.41) is 8.29. The SMILES string of the molecule is CC1CC(N)=NN=C1c1ccc2c(c1)CCN2C. The van der Waals surface area contributed by atoms with E-state index in [0.29, 0.717) is 11.8 Å². The number of nitrogens with two attached hydrogens (primary N) is 1. The number of rotatable bonds is 1. The third-order valence-electron chi connectivity index (χ3n) is 3.77. The maximum Gasteiger partial charge on any atom is 0.123 e. The van der Waals surface area contributed by atoms with Crippen molar-refractivity contribution in [3.63, 3.8) is 0 Å². The summed E-state index contributed by atoms with van der Waals surface area (Å²) in [4.78, 5) is 2.29. The summed E-state index contributed by atoms with van der Waals surface area (Å²) in [6.07, 6.45) is 1.92. The number of amidine groups is 1. The van der Waals surface area contributed by atoms with Crippen LogP contribution in [-0.4, -0.2) is 25.1 Å². The van der Waals surface area contributed by atoms with E-state index in [9.17, 15) is 0 Å². The summed E-state index contributed by atoms with van der Waals surface area (Å²) in [6.45, 7) is 3.26. The van der Waals surface area contributed by atoms with Gasteiger partial charge in [-0.25, -0.2) is 0 Å². The molecule has 4 nitrogen and oxygen atoms in total. The van der Waals surface area contributed by atoms with E-state index in [1.54, 1.807) is 0 Å². The Labute approximate surface area is 107 Å². The molecule has 1 aromatic carbocycles. The second-order valence-electron chi connectivity index (χ2n) is 5.20. The molecule has 0 saturated heterocycles. The zero-order valence-electron chi connectivity index (χ0n) is 10.8. The molecule has 0 saturated carbocycles. The molecule has 18 heavy (non-hydrogen) atoms. The number of anilines is 1. The van der Waals surface area contributed by atoms with Crippen LogP contribution in [-0.2, 0) is 6.42 Å². The summed E-state index contributed by atoms with van der Waals surface area (Å²) >= 11 is 0. The van der Waals surface area contributed by atoms with Crippen LogP contribution in [0.15, 0.2) is 28.4 Å². The van der Waals surface area contributed by atoms with Crippen molar-refractivity contribution >= 4 is 17.2 Å². The van der Waals surface area contributed by atoms with E-state index < -0.39 is 0 Å². The Balaban J connectivity index is 1.99. The lowest BCUT2D eigenvalue weighted by Crippen LogP contribution is -2.25. The van der Waals surface area contributed by atoms with E-state index in [2.05, 4.69) is 47.3 Å². The number of likely N-dealkylation sites (N-methyl/N-ethyl adjacent to an activating group) is 1. The largest absolute Gasteiger partial charge is 0.386 e. The molecule has 4 heteroatoms. The predicted molar refractivity (Wildman–Crippen MR) is 75.4 cm³/mol. The van der Waals surface area contributed by atoms with Gasteiger partial charge < -0.3 is 10.6 Å². The topological polar surface area (TPSA) is 54.0 Å². The molecule has 0 radical (unpaired) electrons. The van der Waals surface area contributed by atoms with Crippen LogP contribution in [0.5, 0.6) is 0 Å². The second-order valence-corrected chi connectivity index (χ2v) is 5.20. The number of nitrogens with zero attached hydrogens (tertiary/aromatic N) is 3. The van der Waals surface area contributed by atoms with Crippen molar-refractivity contribution in [3.05, 3.63) is 29.3 Å². The smallest absolute Gasteiger partial charge is 0.123 e. The Hall–Kier alpha value is -1.84. The van der Waals surface area contributed by atoms with Gasteiger partial charge in [-0.15, -0.1) is 5.10 Å². The van der Waals surface area contributed by atoms with Crippen molar-refractivity contribution < 1.29 is 0 Å². The molecule has 1 aromatic rings. The van der Waals surface area contributed by atoms with Crippen LogP contribution in [0, 0.1) is 5.92 Å². The van der Waals surface area contributed by atoms with Crippen LogP contribution < -0.4 is 10.6 Å². The third kappa shape index (κ3) is 1.78. The lowest BCUT2D eigenvalue weighted by Gasteiger charge is -2.18. The summed E-state index contributed by atoms with van der Waals surface area (Å²) in [6, 6.07) is 6.59. The Morgan fingerprint density at radius 3 is 2.94 bits per heavy atom. The molecule has 1 atom stereocenters. The average molecular weight is 242 g/mol. The average Bonchev–Trinajstić information content (AvgIpc) is 2.71. The minimum atomic E-state index is 0.347. The summed E-state index contributed by atoms with van der Waals surface area (Å²) in [7, 11) is 2.14. The third-order valence-corrected chi connectivity index (χ3v) is 3.77. The molecule has 2 N–H and O–H groups in total. The number of benzene rings is 1. The monoisotopic (exact) mass is 242 g/mol. The van der Waals surface area contributed by atoms with Crippen LogP contribution in [0.2, 0.25) is 0 Å². The lowest BCUT2D eigenvalue weighted by molar-refractivity contribution is 0.783. The summed E-state index contributed by atoms with van der Waals surface area (Å²) in [5.74, 6) is 0.979. The Morgan fingerprint density at radius 1 is 1.33 bits per heavy atom. The number of hydrogen-bond donors (Lipinski definition) is 1. The van der Waals surface area contributed by atoms with Gasteiger partial charge in [0.05, 0.1) is 5.71 Å². The molecule has 0 aromatic heterocycles. The van der Waals surface area contributed by atoms with E-state index in [0.717, 1.165) is 25.1 Å². The van der Waals surface area contributed by atoms with Gasteiger partial charge in [-0.3, -0.25) is 0 Å². The highest BCUT2D eigenvalue weighted by molar-refractivity contribution is 6.06. The Bertz CT molecular complexity index is 545. The molecule has 2 aliphatic rings. The maximum absolute atomic E-state index is 5.71. The first-order valence-electron chi connectivity index (χ1n) is 6.39. The van der Waals surface area contributed by atoms with Crippen molar-refractivity contribution in [2.45, 2.75) is 19.8 Å². The van der Waals surface area contributed by atoms with Crippen LogP contribution in [0.25, 0.3) is 0 Å². The van der Waals surface area contributed by atoms with Crippen molar-refractivity contribution in [2.75, 3.05) is 18.5 Å². The Morgan fingerprint density at radius 2 is 2.17 bits per heavy atom. The van der Waals surface area contributed by atoms with Crippen molar-refractivity contribution in [1.82, 2.24) is 0 Å². The van der Waals surface area contributed by atoms with Gasteiger partial charge in [-0.05, 0) is 29.7 Å². The van der Waals surface area contributed by atoms with Gasteiger partial charge in [-0.1, -0.05) is 13.0 Å². The highest BCUT2D eigenvalue weighted by Crippen LogP contribution is 2.29. The van der Waals surface area contributed by atoms with Crippen LogP contribution in [0.4, 0.5) is 5.69 Å². The molecule has 1 unspecified atom stereocenters. The van der Waals surface area contributed by atoms with Gasteiger partial charge >= 0.3 is 0 Å². The van der Waals surface area contributed by atoms with E-state index in [1.165, 1.54) is 16.8 Å². The highest BCUT2D eigenvalue weighted by atomic mass is 15.2. The van der Waals surface area contributed by atoms with Crippen molar-refractivity contribution in [2.24, 2.45) is 21.9 Å². The standard InChI is InChI=1S/C14H18N4/c1-9-7-13(15)16-17-14(9)11-3-4-12-10(8-11)5-6-18(12)2/h3-4,8-9H,5-7H2,1-2H3,(H2,15,16). The van der Waals surface area contributed by atoms with Gasteiger partial charge in [0.2, 0.25) is 0 Å². The van der Waals surface area contributed by atoms with Crippen LogP contribution >= 0.6 is 0 Å². The maximum atomic E-state index is 5.71. The second kappa shape index (κ2) is 4.12. The molecule has 3 rings (SSSR count). The first kappa shape index (κ1) is 11.3. The molecular formula is C14H18N4. The van der Waals surface area contributed by atoms with Crippen molar-refractivity contribution in [3.8, 4) is 0 Å². The molecule has 0 amide bonds. The molecule has 0 bridgehead atoms. The van der Waals surface area contributed by atoms with Crippen molar-refractivity contribution in [1.29, 1.82) is 0 Å². The predicted octanol–water partition coefficient (Wildman–Crippen LogP) is 1.78. The molecule has 0 aliphatic carbocycles. The van der Waals surface area contributed by atoms with Gasteiger partial charge in [0.1, 0.15) is 5.84 Å². The van der Waals surface area contributed by atoms with Gasteiger partial charge in [0, 0.05) is 31.6 Å². The van der Waals surface area contributed by atoms with Crippen LogP contribution in [0.3, 0.4) is 0 Å². The highest BCUT2D eigenvalue weighted by Gasteiger charge is 2.21. The fourth-order valence-corrected chi connectivity index (χ4v) is 2.74. The minimum Gasteiger partial charge on any atom is -0.386 e. The summed E-state index contributed by atoms with van der Waals surface area (Å²) < 4.78 is 0. The van der Waals surface area contributed by atoms with Gasteiger partial charge in [0.25, 0.3) is 0 Å².